The fraction of sp³-hybridized carbons (Fsp3) is 0.0833. The summed E-state index contributed by atoms with van der Waals surface area (Å²) in [5.74, 6) is -0.0903. The first-order valence-electron chi connectivity index (χ1n) is 4.46. The Kier molecular flexibility index (Phi) is 3.68. The van der Waals surface area contributed by atoms with Gasteiger partial charge in [0.1, 0.15) is 11.5 Å². The number of carbonyl (C=O) groups excluding carboxylic acids is 1. The highest BCUT2D eigenvalue weighted by atomic mass is 16.5. The minimum Gasteiger partial charge on any atom is -0.508 e. The number of phenolic OH excluding ortho intramolecular Hbond substituents is 1. The molecule has 3 nitrogen and oxygen atoms in total. The second kappa shape index (κ2) is 5.00. The fourth-order valence-electron chi connectivity index (χ4n) is 0.995. The average Bonchev–Trinajstić information content (AvgIpc) is 2.18. The molecule has 0 fully saturated rings. The molecule has 3 heteroatoms. The Morgan fingerprint density at radius 2 is 2.00 bits per heavy atom. The summed E-state index contributed by atoms with van der Waals surface area (Å²) >= 11 is 0. The highest BCUT2D eigenvalue weighted by Gasteiger charge is 2.07. The molecule has 1 N–H and O–H groups in total. The van der Waals surface area contributed by atoms with Gasteiger partial charge in [0.05, 0.1) is 5.56 Å². The molecule has 0 radical (unpaired) electrons. The van der Waals surface area contributed by atoms with E-state index in [1.165, 1.54) is 24.3 Å². The first-order valence-corrected chi connectivity index (χ1v) is 4.46. The van der Waals surface area contributed by atoms with Crippen LogP contribution in [0.25, 0.3) is 0 Å². The molecule has 0 saturated heterocycles. The minimum absolute atomic E-state index is 0.110. The molecule has 0 aliphatic rings. The van der Waals surface area contributed by atoms with E-state index in [0.717, 1.165) is 0 Å². The Labute approximate surface area is 88.3 Å². The van der Waals surface area contributed by atoms with Crippen LogP contribution in [-0.4, -0.2) is 11.1 Å². The van der Waals surface area contributed by atoms with Gasteiger partial charge < -0.3 is 9.84 Å². The monoisotopic (exact) mass is 204 g/mol. The standard InChI is InChI=1S/C12H12O3/c1-3-4-9(2)15-12(14)10-5-7-11(13)8-6-10/h3-8,13H,2H2,1H3/b4-3-. The Morgan fingerprint density at radius 3 is 2.53 bits per heavy atom. The zero-order chi connectivity index (χ0) is 11.3. The quantitative estimate of drug-likeness (QED) is 0.467. The summed E-state index contributed by atoms with van der Waals surface area (Å²) in [7, 11) is 0. The first kappa shape index (κ1) is 11.0. The summed E-state index contributed by atoms with van der Waals surface area (Å²) in [4.78, 5) is 11.4. The predicted molar refractivity (Wildman–Crippen MR) is 57.5 cm³/mol. The summed E-state index contributed by atoms with van der Waals surface area (Å²) in [6.07, 6.45) is 3.32. The van der Waals surface area contributed by atoms with Gasteiger partial charge in [0.25, 0.3) is 0 Å². The molecule has 0 aliphatic carbocycles. The maximum atomic E-state index is 11.4. The molecule has 78 valence electrons. The van der Waals surface area contributed by atoms with Gasteiger partial charge in [0, 0.05) is 0 Å². The largest absolute Gasteiger partial charge is 0.508 e. The number of ether oxygens (including phenoxy) is 1. The molecular weight excluding hydrogens is 192 g/mol. The predicted octanol–water partition coefficient (Wildman–Crippen LogP) is 2.64. The molecule has 15 heavy (non-hydrogen) atoms. The van der Waals surface area contributed by atoms with Crippen molar-refractivity contribution in [1.82, 2.24) is 0 Å². The van der Waals surface area contributed by atoms with Gasteiger partial charge in [0.2, 0.25) is 0 Å². The van der Waals surface area contributed by atoms with Crippen LogP contribution < -0.4 is 0 Å². The van der Waals surface area contributed by atoms with Crippen molar-refractivity contribution >= 4 is 5.97 Å². The lowest BCUT2D eigenvalue weighted by Gasteiger charge is -2.03. The molecular formula is C12H12O3. The minimum atomic E-state index is -0.488. The molecule has 0 saturated carbocycles. The average molecular weight is 204 g/mol. The molecule has 0 spiro atoms. The van der Waals surface area contributed by atoms with Gasteiger partial charge in [-0.25, -0.2) is 4.79 Å². The maximum Gasteiger partial charge on any atom is 0.343 e. The number of carbonyl (C=O) groups is 1. The van der Waals surface area contributed by atoms with E-state index in [0.29, 0.717) is 5.56 Å². The number of rotatable bonds is 3. The topological polar surface area (TPSA) is 46.5 Å². The normalized spacial score (nSPS) is 10.2. The zero-order valence-electron chi connectivity index (χ0n) is 8.43. The van der Waals surface area contributed by atoms with Crippen molar-refractivity contribution in [3.8, 4) is 5.75 Å². The highest BCUT2D eigenvalue weighted by molar-refractivity contribution is 5.90. The van der Waals surface area contributed by atoms with E-state index in [-0.39, 0.29) is 11.5 Å². The smallest absolute Gasteiger partial charge is 0.343 e. The van der Waals surface area contributed by atoms with E-state index >= 15 is 0 Å². The van der Waals surface area contributed by atoms with E-state index in [2.05, 4.69) is 6.58 Å². The lowest BCUT2D eigenvalue weighted by atomic mass is 10.2. The summed E-state index contributed by atoms with van der Waals surface area (Å²) < 4.78 is 4.91. The number of phenols is 1. The van der Waals surface area contributed by atoms with Crippen molar-refractivity contribution < 1.29 is 14.6 Å². The molecule has 0 atom stereocenters. The summed E-state index contributed by atoms with van der Waals surface area (Å²) in [5.41, 5.74) is 0.374. The summed E-state index contributed by atoms with van der Waals surface area (Å²) in [5, 5.41) is 9.02. The fourth-order valence-corrected chi connectivity index (χ4v) is 0.995. The third-order valence-electron chi connectivity index (χ3n) is 1.68. The van der Waals surface area contributed by atoms with Crippen LogP contribution in [0.3, 0.4) is 0 Å². The van der Waals surface area contributed by atoms with Crippen molar-refractivity contribution in [2.45, 2.75) is 6.92 Å². The maximum absolute atomic E-state index is 11.4. The van der Waals surface area contributed by atoms with Crippen molar-refractivity contribution in [3.63, 3.8) is 0 Å². The molecule has 0 heterocycles. The van der Waals surface area contributed by atoms with Crippen molar-refractivity contribution in [1.29, 1.82) is 0 Å². The first-order chi connectivity index (χ1) is 7.13. The number of hydrogen-bond acceptors (Lipinski definition) is 3. The Morgan fingerprint density at radius 1 is 1.40 bits per heavy atom. The molecule has 0 unspecified atom stereocenters. The van der Waals surface area contributed by atoms with Gasteiger partial charge in [-0.15, -0.1) is 0 Å². The highest BCUT2D eigenvalue weighted by Crippen LogP contribution is 2.11. The molecule has 0 bridgehead atoms. The number of benzene rings is 1. The van der Waals surface area contributed by atoms with E-state index < -0.39 is 5.97 Å². The van der Waals surface area contributed by atoms with Crippen molar-refractivity contribution in [3.05, 3.63) is 54.3 Å². The van der Waals surface area contributed by atoms with E-state index in [9.17, 15) is 4.79 Å². The van der Waals surface area contributed by atoms with Gasteiger partial charge >= 0.3 is 5.97 Å². The zero-order valence-corrected chi connectivity index (χ0v) is 8.43. The number of aromatic hydroxyl groups is 1. The number of esters is 1. The van der Waals surface area contributed by atoms with Crippen LogP contribution >= 0.6 is 0 Å². The molecule has 0 aliphatic heterocycles. The second-order valence-corrected chi connectivity index (χ2v) is 2.90. The van der Waals surface area contributed by atoms with Crippen LogP contribution in [-0.2, 0) is 4.74 Å². The molecule has 0 aromatic heterocycles. The van der Waals surface area contributed by atoms with Crippen LogP contribution in [0.2, 0.25) is 0 Å². The van der Waals surface area contributed by atoms with E-state index in [1.807, 2.05) is 0 Å². The van der Waals surface area contributed by atoms with Gasteiger partial charge in [-0.3, -0.25) is 0 Å². The van der Waals surface area contributed by atoms with Crippen LogP contribution in [0.5, 0.6) is 5.75 Å². The Bertz CT molecular complexity index is 388. The number of hydrogen-bond donors (Lipinski definition) is 1. The molecule has 0 amide bonds. The summed E-state index contributed by atoms with van der Waals surface area (Å²) in [6.45, 7) is 5.35. The third-order valence-corrected chi connectivity index (χ3v) is 1.68. The molecule has 1 aromatic rings. The second-order valence-electron chi connectivity index (χ2n) is 2.90. The van der Waals surface area contributed by atoms with Crippen LogP contribution in [0.4, 0.5) is 0 Å². The lowest BCUT2D eigenvalue weighted by molar-refractivity contribution is 0.0638. The SMILES string of the molecule is C=C(/C=C\C)OC(=O)c1ccc(O)cc1. The van der Waals surface area contributed by atoms with E-state index in [4.69, 9.17) is 9.84 Å². The van der Waals surface area contributed by atoms with Crippen LogP contribution in [0, 0.1) is 0 Å². The molecule has 1 aromatic carbocycles. The third kappa shape index (κ3) is 3.31. The molecule has 1 rings (SSSR count). The van der Waals surface area contributed by atoms with Gasteiger partial charge in [-0.1, -0.05) is 12.7 Å². The lowest BCUT2D eigenvalue weighted by Crippen LogP contribution is -2.02. The van der Waals surface area contributed by atoms with Gasteiger partial charge in [0.15, 0.2) is 0 Å². The van der Waals surface area contributed by atoms with E-state index in [1.54, 1.807) is 19.1 Å². The van der Waals surface area contributed by atoms with Crippen molar-refractivity contribution in [2.24, 2.45) is 0 Å². The number of allylic oxidation sites excluding steroid dienone is 2. The Hall–Kier alpha value is -2.03. The van der Waals surface area contributed by atoms with Crippen molar-refractivity contribution in [2.75, 3.05) is 0 Å². The van der Waals surface area contributed by atoms with Gasteiger partial charge in [-0.2, -0.15) is 0 Å². The van der Waals surface area contributed by atoms with Crippen LogP contribution in [0.15, 0.2) is 48.8 Å². The Balaban J connectivity index is 2.69. The van der Waals surface area contributed by atoms with Crippen LogP contribution in [0.1, 0.15) is 17.3 Å². The van der Waals surface area contributed by atoms with Gasteiger partial charge in [-0.05, 0) is 37.3 Å². The summed E-state index contributed by atoms with van der Waals surface area (Å²) in [6, 6.07) is 5.82.